The number of amides is 1. The standard InChI is InChI=1S/C17H21N3O3S/c1-9-14(12(4)23-19-9)17(22)20-7-5-13(6-8-20)16-18-10(2)15(24-16)11(3)21/h13H,5-8H2,1-4H3. The van der Waals surface area contributed by atoms with Crippen molar-refractivity contribution in [2.75, 3.05) is 13.1 Å². The van der Waals surface area contributed by atoms with Crippen LogP contribution in [0.15, 0.2) is 4.52 Å². The number of carbonyl (C=O) groups excluding carboxylic acids is 2. The molecule has 3 heterocycles. The molecule has 128 valence electrons. The fourth-order valence-corrected chi connectivity index (χ4v) is 4.33. The van der Waals surface area contributed by atoms with E-state index in [9.17, 15) is 9.59 Å². The summed E-state index contributed by atoms with van der Waals surface area (Å²) in [4.78, 5) is 31.4. The van der Waals surface area contributed by atoms with E-state index in [-0.39, 0.29) is 11.7 Å². The highest BCUT2D eigenvalue weighted by Crippen LogP contribution is 2.33. The number of rotatable bonds is 3. The third-order valence-corrected chi connectivity index (χ3v) is 5.93. The van der Waals surface area contributed by atoms with Crippen LogP contribution in [0.25, 0.3) is 0 Å². The van der Waals surface area contributed by atoms with E-state index in [1.165, 1.54) is 11.3 Å². The first-order valence-corrected chi connectivity index (χ1v) is 8.90. The predicted molar refractivity (Wildman–Crippen MR) is 90.7 cm³/mol. The quantitative estimate of drug-likeness (QED) is 0.796. The van der Waals surface area contributed by atoms with Gasteiger partial charge in [0, 0.05) is 25.9 Å². The highest BCUT2D eigenvalue weighted by molar-refractivity contribution is 7.13. The molecule has 2 aromatic heterocycles. The van der Waals surface area contributed by atoms with E-state index in [0.717, 1.165) is 28.4 Å². The van der Waals surface area contributed by atoms with Crippen LogP contribution < -0.4 is 0 Å². The number of aromatic nitrogens is 2. The summed E-state index contributed by atoms with van der Waals surface area (Å²) in [5.41, 5.74) is 2.04. The molecule has 0 unspecified atom stereocenters. The average Bonchev–Trinajstić information content (AvgIpc) is 3.10. The number of nitrogens with zero attached hydrogens (tertiary/aromatic N) is 3. The molecule has 2 aromatic rings. The highest BCUT2D eigenvalue weighted by atomic mass is 32.1. The minimum absolute atomic E-state index is 0.00977. The van der Waals surface area contributed by atoms with Gasteiger partial charge in [-0.05, 0) is 33.6 Å². The van der Waals surface area contributed by atoms with E-state index in [1.54, 1.807) is 20.8 Å². The molecule has 1 saturated heterocycles. The normalized spacial score (nSPS) is 15.8. The van der Waals surface area contributed by atoms with Gasteiger partial charge in [-0.1, -0.05) is 5.16 Å². The molecule has 7 heteroatoms. The summed E-state index contributed by atoms with van der Waals surface area (Å²) in [6.07, 6.45) is 1.72. The number of hydrogen-bond donors (Lipinski definition) is 0. The Bertz CT molecular complexity index is 766. The summed E-state index contributed by atoms with van der Waals surface area (Å²) < 4.78 is 5.10. The predicted octanol–water partition coefficient (Wildman–Crippen LogP) is 3.28. The monoisotopic (exact) mass is 347 g/mol. The molecule has 0 N–H and O–H groups in total. The summed E-state index contributed by atoms with van der Waals surface area (Å²) >= 11 is 1.50. The van der Waals surface area contributed by atoms with Crippen LogP contribution in [0, 0.1) is 20.8 Å². The Balaban J connectivity index is 1.69. The van der Waals surface area contributed by atoms with Crippen molar-refractivity contribution in [1.82, 2.24) is 15.0 Å². The minimum atomic E-state index is -0.00977. The topological polar surface area (TPSA) is 76.3 Å². The fraction of sp³-hybridized carbons (Fsp3) is 0.529. The van der Waals surface area contributed by atoms with Gasteiger partial charge in [0.15, 0.2) is 5.78 Å². The molecular weight excluding hydrogens is 326 g/mol. The number of hydrogen-bond acceptors (Lipinski definition) is 6. The molecule has 24 heavy (non-hydrogen) atoms. The molecule has 3 rings (SSSR count). The molecule has 6 nitrogen and oxygen atoms in total. The van der Waals surface area contributed by atoms with Gasteiger partial charge < -0.3 is 9.42 Å². The van der Waals surface area contributed by atoms with Crippen molar-refractivity contribution >= 4 is 23.0 Å². The molecule has 1 fully saturated rings. The van der Waals surface area contributed by atoms with Crippen molar-refractivity contribution in [2.45, 2.75) is 46.5 Å². The number of aryl methyl sites for hydroxylation is 3. The molecule has 0 spiro atoms. The third kappa shape index (κ3) is 3.00. The number of Topliss-reactive ketones (excluding diaryl/α,β-unsaturated/α-hetero) is 1. The van der Waals surface area contributed by atoms with Crippen LogP contribution in [-0.4, -0.2) is 39.8 Å². The summed E-state index contributed by atoms with van der Waals surface area (Å²) in [5, 5.41) is 4.88. The van der Waals surface area contributed by atoms with E-state index in [0.29, 0.717) is 36.0 Å². The molecule has 0 aromatic carbocycles. The SMILES string of the molecule is CC(=O)c1sc(C2CCN(C(=O)c3c(C)noc3C)CC2)nc1C. The van der Waals surface area contributed by atoms with Crippen molar-refractivity contribution in [3.8, 4) is 0 Å². The second-order valence-electron chi connectivity index (χ2n) is 6.29. The molecular formula is C17H21N3O3S. The second-order valence-corrected chi connectivity index (χ2v) is 7.32. The fourth-order valence-electron chi connectivity index (χ4n) is 3.19. The highest BCUT2D eigenvalue weighted by Gasteiger charge is 2.29. The van der Waals surface area contributed by atoms with E-state index >= 15 is 0 Å². The summed E-state index contributed by atoms with van der Waals surface area (Å²) in [6.45, 7) is 8.38. The van der Waals surface area contributed by atoms with Gasteiger partial charge in [-0.25, -0.2) is 4.98 Å². The van der Waals surface area contributed by atoms with E-state index in [1.807, 2.05) is 11.8 Å². The first-order chi connectivity index (χ1) is 11.4. The smallest absolute Gasteiger partial charge is 0.259 e. The molecule has 1 amide bonds. The van der Waals surface area contributed by atoms with Crippen LogP contribution in [0.1, 0.15) is 67.9 Å². The Morgan fingerprint density at radius 1 is 1.17 bits per heavy atom. The molecule has 0 bridgehead atoms. The number of ketones is 1. The molecule has 1 aliphatic rings. The summed E-state index contributed by atoms with van der Waals surface area (Å²) in [5.74, 6) is 0.948. The van der Waals surface area contributed by atoms with Crippen LogP contribution in [0.3, 0.4) is 0 Å². The van der Waals surface area contributed by atoms with Crippen LogP contribution in [0.2, 0.25) is 0 Å². The summed E-state index contributed by atoms with van der Waals surface area (Å²) in [7, 11) is 0. The maximum absolute atomic E-state index is 12.7. The largest absolute Gasteiger partial charge is 0.361 e. The number of thiazole rings is 1. The average molecular weight is 347 g/mol. The van der Waals surface area contributed by atoms with Crippen molar-refractivity contribution in [3.05, 3.63) is 32.6 Å². The Kier molecular flexibility index (Phi) is 4.54. The number of carbonyl (C=O) groups is 2. The lowest BCUT2D eigenvalue weighted by Crippen LogP contribution is -2.38. The van der Waals surface area contributed by atoms with Crippen LogP contribution in [0.4, 0.5) is 0 Å². The van der Waals surface area contributed by atoms with Gasteiger partial charge in [-0.3, -0.25) is 9.59 Å². The Labute approximate surface area is 144 Å². The maximum atomic E-state index is 12.7. The molecule has 1 aliphatic heterocycles. The van der Waals surface area contributed by atoms with E-state index in [4.69, 9.17) is 4.52 Å². The van der Waals surface area contributed by atoms with Crippen LogP contribution in [0.5, 0.6) is 0 Å². The van der Waals surface area contributed by atoms with Crippen molar-refractivity contribution in [2.24, 2.45) is 0 Å². The van der Waals surface area contributed by atoms with Gasteiger partial charge in [0.1, 0.15) is 11.3 Å². The Morgan fingerprint density at radius 2 is 1.83 bits per heavy atom. The Hall–Kier alpha value is -2.02. The van der Waals surface area contributed by atoms with Gasteiger partial charge in [0.05, 0.1) is 21.3 Å². The van der Waals surface area contributed by atoms with Gasteiger partial charge >= 0.3 is 0 Å². The van der Waals surface area contributed by atoms with E-state index < -0.39 is 0 Å². The lowest BCUT2D eigenvalue weighted by molar-refractivity contribution is 0.0710. The molecule has 0 radical (unpaired) electrons. The van der Waals surface area contributed by atoms with Gasteiger partial charge in [0.2, 0.25) is 0 Å². The molecule has 0 atom stereocenters. The number of likely N-dealkylation sites (tertiary alicyclic amines) is 1. The van der Waals surface area contributed by atoms with Crippen LogP contribution >= 0.6 is 11.3 Å². The molecule has 0 saturated carbocycles. The summed E-state index contributed by atoms with van der Waals surface area (Å²) in [6, 6.07) is 0. The van der Waals surface area contributed by atoms with Gasteiger partial charge in [-0.15, -0.1) is 11.3 Å². The maximum Gasteiger partial charge on any atom is 0.259 e. The first kappa shape index (κ1) is 16.8. The second kappa shape index (κ2) is 6.47. The van der Waals surface area contributed by atoms with Crippen LogP contribution in [-0.2, 0) is 0 Å². The number of piperidine rings is 1. The van der Waals surface area contributed by atoms with Crippen molar-refractivity contribution < 1.29 is 14.1 Å². The van der Waals surface area contributed by atoms with Gasteiger partial charge in [0.25, 0.3) is 5.91 Å². The van der Waals surface area contributed by atoms with Gasteiger partial charge in [-0.2, -0.15) is 0 Å². The Morgan fingerprint density at radius 3 is 2.33 bits per heavy atom. The zero-order valence-corrected chi connectivity index (χ0v) is 15.2. The lowest BCUT2D eigenvalue weighted by atomic mass is 9.97. The minimum Gasteiger partial charge on any atom is -0.361 e. The lowest BCUT2D eigenvalue weighted by Gasteiger charge is -2.31. The molecule has 0 aliphatic carbocycles. The first-order valence-electron chi connectivity index (χ1n) is 8.09. The van der Waals surface area contributed by atoms with Crippen molar-refractivity contribution in [1.29, 1.82) is 0 Å². The van der Waals surface area contributed by atoms with E-state index in [2.05, 4.69) is 10.1 Å². The zero-order chi connectivity index (χ0) is 17.4. The third-order valence-electron chi connectivity index (χ3n) is 4.51. The van der Waals surface area contributed by atoms with Crippen molar-refractivity contribution in [3.63, 3.8) is 0 Å². The zero-order valence-electron chi connectivity index (χ0n) is 14.4.